The summed E-state index contributed by atoms with van der Waals surface area (Å²) < 4.78 is 18.3. The van der Waals surface area contributed by atoms with Crippen molar-refractivity contribution in [1.29, 1.82) is 0 Å². The minimum Gasteiger partial charge on any atom is -0.491 e. The lowest BCUT2D eigenvalue weighted by atomic mass is 9.77. The van der Waals surface area contributed by atoms with Gasteiger partial charge in [0.2, 0.25) is 5.88 Å². The predicted octanol–water partition coefficient (Wildman–Crippen LogP) is 7.34. The van der Waals surface area contributed by atoms with E-state index in [1.165, 1.54) is 0 Å². The molecule has 0 spiro atoms. The summed E-state index contributed by atoms with van der Waals surface area (Å²) in [5.74, 6) is 2.24. The molecule has 0 saturated carbocycles. The van der Waals surface area contributed by atoms with Crippen LogP contribution < -0.4 is 24.8 Å². The van der Waals surface area contributed by atoms with E-state index in [0.717, 1.165) is 49.5 Å². The molecule has 0 saturated heterocycles. The second kappa shape index (κ2) is 14.7. The van der Waals surface area contributed by atoms with E-state index >= 15 is 0 Å². The maximum atomic E-state index is 6.23. The van der Waals surface area contributed by atoms with Crippen LogP contribution in [0.1, 0.15) is 108 Å². The number of pyridine rings is 2. The molecule has 0 radical (unpaired) electrons. The third kappa shape index (κ3) is 14.4. The van der Waals surface area contributed by atoms with Crippen molar-refractivity contribution >= 4 is 0 Å². The predicted molar refractivity (Wildman–Crippen MR) is 170 cm³/mol. The zero-order chi connectivity index (χ0) is 30.9. The lowest BCUT2D eigenvalue weighted by Crippen LogP contribution is -2.41. The number of hydrogen-bond donors (Lipinski definition) is 2. The topological polar surface area (TPSA) is 77.5 Å². The fourth-order valence-corrected chi connectivity index (χ4v) is 4.15. The van der Waals surface area contributed by atoms with Crippen molar-refractivity contribution in [3.63, 3.8) is 0 Å². The Kier molecular flexibility index (Phi) is 12.5. The maximum absolute atomic E-state index is 6.23. The van der Waals surface area contributed by atoms with Crippen molar-refractivity contribution in [1.82, 2.24) is 20.6 Å². The van der Waals surface area contributed by atoms with E-state index in [1.807, 2.05) is 31.3 Å². The van der Waals surface area contributed by atoms with E-state index in [9.17, 15) is 0 Å². The van der Waals surface area contributed by atoms with Crippen LogP contribution in [0.4, 0.5) is 0 Å². The molecule has 7 nitrogen and oxygen atoms in total. The molecule has 2 atom stereocenters. The summed E-state index contributed by atoms with van der Waals surface area (Å²) in [4.78, 5) is 9.16. The Morgan fingerprint density at radius 2 is 1.44 bits per heavy atom. The molecule has 1 unspecified atom stereocenters. The van der Waals surface area contributed by atoms with Gasteiger partial charge in [-0.15, -0.1) is 0 Å². The van der Waals surface area contributed by atoms with E-state index in [-0.39, 0.29) is 34.1 Å². The fourth-order valence-electron chi connectivity index (χ4n) is 4.15. The quantitative estimate of drug-likeness (QED) is 0.219. The van der Waals surface area contributed by atoms with Gasteiger partial charge in [0.1, 0.15) is 17.6 Å². The Labute approximate surface area is 250 Å². The first kappa shape index (κ1) is 34.8. The highest BCUT2D eigenvalue weighted by molar-refractivity contribution is 5.27. The molecule has 0 fully saturated rings. The van der Waals surface area contributed by atoms with Gasteiger partial charge in [-0.05, 0) is 98.7 Å². The van der Waals surface area contributed by atoms with Crippen molar-refractivity contribution in [2.24, 2.45) is 5.41 Å². The Balaban J connectivity index is 1.84. The summed E-state index contributed by atoms with van der Waals surface area (Å²) in [5, 5.41) is 6.98. The normalized spacial score (nSPS) is 14.4. The molecule has 0 aliphatic carbocycles. The molecule has 7 heteroatoms. The molecular formula is C34H58N4O3. The summed E-state index contributed by atoms with van der Waals surface area (Å²) in [5.41, 5.74) is 1.13. The van der Waals surface area contributed by atoms with E-state index < -0.39 is 0 Å². The molecule has 2 aromatic heterocycles. The minimum atomic E-state index is -0.0905. The van der Waals surface area contributed by atoms with Gasteiger partial charge in [-0.25, -0.2) is 4.98 Å². The number of rotatable bonds is 16. The van der Waals surface area contributed by atoms with E-state index in [1.54, 1.807) is 6.20 Å². The van der Waals surface area contributed by atoms with Crippen LogP contribution in [0.25, 0.3) is 0 Å². The summed E-state index contributed by atoms with van der Waals surface area (Å²) in [6, 6.07) is 7.87. The van der Waals surface area contributed by atoms with Gasteiger partial charge in [0.05, 0.1) is 18.9 Å². The molecule has 2 heterocycles. The first-order valence-corrected chi connectivity index (χ1v) is 15.2. The van der Waals surface area contributed by atoms with Crippen molar-refractivity contribution < 1.29 is 14.2 Å². The Bertz CT molecular complexity index is 1040. The van der Waals surface area contributed by atoms with Gasteiger partial charge in [-0.2, -0.15) is 0 Å². The van der Waals surface area contributed by atoms with Crippen LogP contribution in [0.2, 0.25) is 0 Å². The summed E-state index contributed by atoms with van der Waals surface area (Å²) in [7, 11) is 0. The largest absolute Gasteiger partial charge is 0.491 e. The number of hydrogen-bond acceptors (Lipinski definition) is 7. The highest BCUT2D eigenvalue weighted by Gasteiger charge is 2.28. The highest BCUT2D eigenvalue weighted by atomic mass is 16.5. The highest BCUT2D eigenvalue weighted by Crippen LogP contribution is 2.34. The van der Waals surface area contributed by atoms with Gasteiger partial charge in [-0.3, -0.25) is 4.98 Å². The average Bonchev–Trinajstić information content (AvgIpc) is 2.85. The maximum Gasteiger partial charge on any atom is 0.213 e. The molecule has 0 bridgehead atoms. The molecule has 2 N–H and O–H groups in total. The van der Waals surface area contributed by atoms with Crippen molar-refractivity contribution in [2.45, 2.75) is 131 Å². The Morgan fingerprint density at radius 3 is 2.05 bits per heavy atom. The second-order valence-corrected chi connectivity index (χ2v) is 15.0. The first-order valence-electron chi connectivity index (χ1n) is 15.2. The second-order valence-electron chi connectivity index (χ2n) is 15.0. The number of ether oxygens (including phenoxy) is 3. The molecule has 0 aromatic carbocycles. The molecule has 2 aromatic rings. The minimum absolute atomic E-state index is 0.0116. The van der Waals surface area contributed by atoms with Gasteiger partial charge in [0.15, 0.2) is 0 Å². The van der Waals surface area contributed by atoms with Crippen LogP contribution in [0, 0.1) is 5.41 Å². The van der Waals surface area contributed by atoms with Crippen LogP contribution in [0.3, 0.4) is 0 Å². The van der Waals surface area contributed by atoms with Crippen LogP contribution in [-0.2, 0) is 5.41 Å². The number of nitrogens with one attached hydrogen (secondary N) is 2. The molecule has 0 aliphatic heterocycles. The lowest BCUT2D eigenvalue weighted by molar-refractivity contribution is 0.156. The standard InChI is InChI=1S/C34H58N4O3/c1-25(15-20-37-31(3,4)5)40-27-16-19-35-29(21-27)34(11,12)18-17-33(9,10)24-39-28-13-14-30(36-23-28)41-26(2)22-38-32(6,7)8/h13-14,16,19,21,23,25-26,37-38H,15,17-18,20,22,24H2,1-12H3/t25?,26-/m1/s1. The average molecular weight is 571 g/mol. The molecule has 0 aliphatic rings. The molecule has 0 amide bonds. The van der Waals surface area contributed by atoms with Gasteiger partial charge in [0, 0.05) is 47.1 Å². The third-order valence-corrected chi connectivity index (χ3v) is 6.98. The Morgan fingerprint density at radius 1 is 0.756 bits per heavy atom. The SMILES string of the molecule is CC(CCNC(C)(C)C)Oc1ccnc(C(C)(C)CCC(C)(C)COc2ccc(O[C@H](C)CNC(C)(C)C)nc2)c1. The molecule has 41 heavy (non-hydrogen) atoms. The zero-order valence-corrected chi connectivity index (χ0v) is 28.0. The van der Waals surface area contributed by atoms with Gasteiger partial charge >= 0.3 is 0 Å². The van der Waals surface area contributed by atoms with Crippen LogP contribution in [0.15, 0.2) is 36.7 Å². The monoisotopic (exact) mass is 570 g/mol. The Hall–Kier alpha value is -2.38. The molecule has 232 valence electrons. The zero-order valence-electron chi connectivity index (χ0n) is 28.0. The van der Waals surface area contributed by atoms with Gasteiger partial charge in [-0.1, -0.05) is 27.7 Å². The summed E-state index contributed by atoms with van der Waals surface area (Å²) in [6.45, 7) is 28.5. The van der Waals surface area contributed by atoms with E-state index in [4.69, 9.17) is 19.2 Å². The van der Waals surface area contributed by atoms with E-state index in [2.05, 4.69) is 97.8 Å². The van der Waals surface area contributed by atoms with Crippen molar-refractivity contribution in [2.75, 3.05) is 19.7 Å². The van der Waals surface area contributed by atoms with Gasteiger partial charge < -0.3 is 24.8 Å². The fraction of sp³-hybridized carbons (Fsp3) is 0.706. The van der Waals surface area contributed by atoms with E-state index in [0.29, 0.717) is 12.5 Å². The first-order chi connectivity index (χ1) is 18.8. The number of nitrogens with zero attached hydrogens (tertiary/aromatic N) is 2. The molecule has 2 rings (SSSR count). The third-order valence-electron chi connectivity index (χ3n) is 6.98. The van der Waals surface area contributed by atoms with Crippen LogP contribution in [-0.4, -0.2) is 53.0 Å². The van der Waals surface area contributed by atoms with Crippen molar-refractivity contribution in [3.8, 4) is 17.4 Å². The van der Waals surface area contributed by atoms with Crippen LogP contribution >= 0.6 is 0 Å². The number of aromatic nitrogens is 2. The van der Waals surface area contributed by atoms with Gasteiger partial charge in [0.25, 0.3) is 0 Å². The summed E-state index contributed by atoms with van der Waals surface area (Å²) in [6.07, 6.45) is 6.69. The van der Waals surface area contributed by atoms with Crippen molar-refractivity contribution in [3.05, 3.63) is 42.4 Å². The lowest BCUT2D eigenvalue weighted by Gasteiger charge is -2.31. The van der Waals surface area contributed by atoms with Crippen LogP contribution in [0.5, 0.6) is 17.4 Å². The summed E-state index contributed by atoms with van der Waals surface area (Å²) >= 11 is 0. The smallest absolute Gasteiger partial charge is 0.213 e. The molecular weight excluding hydrogens is 512 g/mol.